The molecular formula is C16H22N6O2S. The van der Waals surface area contributed by atoms with Gasteiger partial charge < -0.3 is 4.74 Å². The number of nitrogens with zero attached hydrogens (tertiary/aromatic N) is 4. The fraction of sp³-hybridized carbons (Fsp3) is 0.625. The highest BCUT2D eigenvalue weighted by molar-refractivity contribution is 7.15. The lowest BCUT2D eigenvalue weighted by molar-refractivity contribution is -0.117. The normalized spacial score (nSPS) is 22.3. The number of aromatic nitrogens is 4. The first kappa shape index (κ1) is 16.6. The van der Waals surface area contributed by atoms with Crippen molar-refractivity contribution < 1.29 is 9.53 Å². The van der Waals surface area contributed by atoms with Crippen molar-refractivity contribution in [2.45, 2.75) is 37.7 Å². The SMILES string of the molecule is O=C(CN1CCC(c2ccn[nH]2)CC1)Nc1nnc(C2CCCO2)s1. The average Bonchev–Trinajstić information content (AvgIpc) is 3.37. The second kappa shape index (κ2) is 7.59. The maximum absolute atomic E-state index is 12.3. The highest BCUT2D eigenvalue weighted by Gasteiger charge is 2.24. The first-order valence-corrected chi connectivity index (χ1v) is 9.56. The maximum Gasteiger partial charge on any atom is 0.240 e. The molecule has 8 nitrogen and oxygen atoms in total. The largest absolute Gasteiger partial charge is 0.371 e. The number of amides is 1. The zero-order chi connectivity index (χ0) is 17.1. The van der Waals surface area contributed by atoms with Crippen LogP contribution in [0, 0.1) is 0 Å². The van der Waals surface area contributed by atoms with Crippen LogP contribution < -0.4 is 5.32 Å². The second-order valence-corrected chi connectivity index (χ2v) is 7.57. The van der Waals surface area contributed by atoms with Gasteiger partial charge in [-0.3, -0.25) is 20.1 Å². The molecule has 1 atom stereocenters. The van der Waals surface area contributed by atoms with E-state index >= 15 is 0 Å². The van der Waals surface area contributed by atoms with Crippen LogP contribution in [0.1, 0.15) is 48.4 Å². The van der Waals surface area contributed by atoms with E-state index in [9.17, 15) is 4.79 Å². The van der Waals surface area contributed by atoms with E-state index in [4.69, 9.17) is 4.74 Å². The number of piperidine rings is 1. The first-order valence-electron chi connectivity index (χ1n) is 8.74. The van der Waals surface area contributed by atoms with Gasteiger partial charge in [0, 0.05) is 24.4 Å². The number of nitrogens with one attached hydrogen (secondary N) is 2. The van der Waals surface area contributed by atoms with Crippen LogP contribution in [-0.4, -0.2) is 57.4 Å². The van der Waals surface area contributed by atoms with Gasteiger partial charge in [-0.2, -0.15) is 5.10 Å². The molecule has 2 fully saturated rings. The number of anilines is 1. The Morgan fingerprint density at radius 1 is 1.36 bits per heavy atom. The first-order chi connectivity index (χ1) is 12.3. The number of carbonyl (C=O) groups excluding carboxylic acids is 1. The zero-order valence-electron chi connectivity index (χ0n) is 14.0. The lowest BCUT2D eigenvalue weighted by atomic mass is 9.94. The van der Waals surface area contributed by atoms with Crippen LogP contribution in [0.3, 0.4) is 0 Å². The van der Waals surface area contributed by atoms with E-state index in [2.05, 4.69) is 30.6 Å². The molecule has 0 aromatic carbocycles. The average molecular weight is 362 g/mol. The molecule has 0 spiro atoms. The van der Waals surface area contributed by atoms with Crippen molar-refractivity contribution >= 4 is 22.4 Å². The van der Waals surface area contributed by atoms with Crippen molar-refractivity contribution in [3.63, 3.8) is 0 Å². The number of aromatic amines is 1. The number of H-pyrrole nitrogens is 1. The van der Waals surface area contributed by atoms with Crippen LogP contribution in [0.5, 0.6) is 0 Å². The van der Waals surface area contributed by atoms with Gasteiger partial charge in [-0.05, 0) is 44.8 Å². The van der Waals surface area contributed by atoms with Gasteiger partial charge >= 0.3 is 0 Å². The molecule has 0 bridgehead atoms. The molecule has 2 N–H and O–H groups in total. The molecule has 2 aliphatic heterocycles. The number of carbonyl (C=O) groups is 1. The van der Waals surface area contributed by atoms with Crippen molar-refractivity contribution in [2.24, 2.45) is 0 Å². The van der Waals surface area contributed by atoms with E-state index in [0.717, 1.165) is 50.4 Å². The summed E-state index contributed by atoms with van der Waals surface area (Å²) in [7, 11) is 0. The lowest BCUT2D eigenvalue weighted by Crippen LogP contribution is -2.38. The molecule has 9 heteroatoms. The molecule has 0 saturated carbocycles. The Balaban J connectivity index is 1.24. The van der Waals surface area contributed by atoms with Crippen molar-refractivity contribution in [2.75, 3.05) is 31.6 Å². The third-order valence-electron chi connectivity index (χ3n) is 4.81. The Hall–Kier alpha value is -1.84. The Kier molecular flexibility index (Phi) is 5.04. The Bertz CT molecular complexity index is 689. The van der Waals surface area contributed by atoms with Crippen molar-refractivity contribution in [3.05, 3.63) is 23.0 Å². The van der Waals surface area contributed by atoms with Crippen LogP contribution in [0.15, 0.2) is 12.3 Å². The highest BCUT2D eigenvalue weighted by atomic mass is 32.1. The fourth-order valence-electron chi connectivity index (χ4n) is 3.45. The van der Waals surface area contributed by atoms with Gasteiger partial charge in [0.05, 0.1) is 6.54 Å². The number of rotatable bonds is 5. The smallest absolute Gasteiger partial charge is 0.240 e. The molecule has 2 aromatic heterocycles. The minimum atomic E-state index is -0.0324. The molecular weight excluding hydrogens is 340 g/mol. The van der Waals surface area contributed by atoms with Gasteiger partial charge in [-0.1, -0.05) is 11.3 Å². The van der Waals surface area contributed by atoms with Crippen molar-refractivity contribution in [1.82, 2.24) is 25.3 Å². The number of likely N-dealkylation sites (tertiary alicyclic amines) is 1. The summed E-state index contributed by atoms with van der Waals surface area (Å²) in [5, 5.41) is 19.6. The van der Waals surface area contributed by atoms with E-state index in [0.29, 0.717) is 17.6 Å². The number of hydrogen-bond donors (Lipinski definition) is 2. The summed E-state index contributed by atoms with van der Waals surface area (Å²) in [4.78, 5) is 14.4. The minimum Gasteiger partial charge on any atom is -0.371 e. The van der Waals surface area contributed by atoms with E-state index in [1.54, 1.807) is 6.20 Å². The Morgan fingerprint density at radius 2 is 2.24 bits per heavy atom. The van der Waals surface area contributed by atoms with Crippen LogP contribution in [0.2, 0.25) is 0 Å². The number of hydrogen-bond acceptors (Lipinski definition) is 7. The van der Waals surface area contributed by atoms with Crippen molar-refractivity contribution in [3.8, 4) is 0 Å². The highest BCUT2D eigenvalue weighted by Crippen LogP contribution is 2.32. The molecule has 0 aliphatic carbocycles. The second-order valence-electron chi connectivity index (χ2n) is 6.56. The maximum atomic E-state index is 12.3. The summed E-state index contributed by atoms with van der Waals surface area (Å²) in [5.74, 6) is 0.481. The van der Waals surface area contributed by atoms with E-state index < -0.39 is 0 Å². The third kappa shape index (κ3) is 4.05. The molecule has 2 aromatic rings. The van der Waals surface area contributed by atoms with Crippen LogP contribution >= 0.6 is 11.3 Å². The van der Waals surface area contributed by atoms with E-state index in [-0.39, 0.29) is 12.0 Å². The van der Waals surface area contributed by atoms with Crippen LogP contribution in [0.25, 0.3) is 0 Å². The predicted molar refractivity (Wildman–Crippen MR) is 93.5 cm³/mol. The molecule has 25 heavy (non-hydrogen) atoms. The quantitative estimate of drug-likeness (QED) is 0.844. The topological polar surface area (TPSA) is 96.0 Å². The molecule has 1 unspecified atom stereocenters. The van der Waals surface area contributed by atoms with Crippen LogP contribution in [-0.2, 0) is 9.53 Å². The summed E-state index contributed by atoms with van der Waals surface area (Å²) in [5.41, 5.74) is 1.19. The van der Waals surface area contributed by atoms with Gasteiger partial charge in [0.25, 0.3) is 0 Å². The molecule has 4 rings (SSSR count). The number of ether oxygens (including phenoxy) is 1. The summed E-state index contributed by atoms with van der Waals surface area (Å²) in [6.07, 6.45) is 5.95. The zero-order valence-corrected chi connectivity index (χ0v) is 14.8. The summed E-state index contributed by atoms with van der Waals surface area (Å²) < 4.78 is 5.60. The van der Waals surface area contributed by atoms with Gasteiger partial charge in [0.15, 0.2) is 0 Å². The molecule has 2 saturated heterocycles. The van der Waals surface area contributed by atoms with Gasteiger partial charge in [0.1, 0.15) is 11.1 Å². The molecule has 1 amide bonds. The molecule has 2 aliphatic rings. The summed E-state index contributed by atoms with van der Waals surface area (Å²) >= 11 is 1.41. The van der Waals surface area contributed by atoms with Crippen molar-refractivity contribution in [1.29, 1.82) is 0 Å². The predicted octanol–water partition coefficient (Wildman–Crippen LogP) is 1.93. The minimum absolute atomic E-state index is 0.0324. The molecule has 0 radical (unpaired) electrons. The monoisotopic (exact) mass is 362 g/mol. The Morgan fingerprint density at radius 3 is 2.96 bits per heavy atom. The van der Waals surface area contributed by atoms with Gasteiger partial charge in [0.2, 0.25) is 11.0 Å². The third-order valence-corrected chi connectivity index (χ3v) is 5.74. The van der Waals surface area contributed by atoms with Gasteiger partial charge in [-0.15, -0.1) is 10.2 Å². The fourth-order valence-corrected chi connectivity index (χ4v) is 4.29. The molecule has 4 heterocycles. The molecule has 134 valence electrons. The lowest BCUT2D eigenvalue weighted by Gasteiger charge is -2.30. The van der Waals surface area contributed by atoms with E-state index in [1.807, 2.05) is 6.07 Å². The standard InChI is InChI=1S/C16H22N6O2S/c23-14(18-16-21-20-15(25-16)13-2-1-9-24-13)10-22-7-4-11(5-8-22)12-3-6-17-19-12/h3,6,11,13H,1-2,4-5,7-10H2,(H,17,19)(H,18,21,23). The summed E-state index contributed by atoms with van der Waals surface area (Å²) in [6, 6.07) is 2.04. The van der Waals surface area contributed by atoms with Gasteiger partial charge in [-0.25, -0.2) is 0 Å². The van der Waals surface area contributed by atoms with Crippen LogP contribution in [0.4, 0.5) is 5.13 Å². The Labute approximate surface area is 150 Å². The van der Waals surface area contributed by atoms with E-state index in [1.165, 1.54) is 17.0 Å². The summed E-state index contributed by atoms with van der Waals surface area (Å²) in [6.45, 7) is 2.99.